The van der Waals surface area contributed by atoms with Crippen LogP contribution in [0.1, 0.15) is 21.5 Å². The highest BCUT2D eigenvalue weighted by molar-refractivity contribution is 7.14. The molecule has 0 unspecified atom stereocenters. The summed E-state index contributed by atoms with van der Waals surface area (Å²) in [6.45, 7) is 3.87. The van der Waals surface area contributed by atoms with Crippen LogP contribution in [0.3, 0.4) is 0 Å². The average Bonchev–Trinajstić information content (AvgIpc) is 2.56. The van der Waals surface area contributed by atoms with E-state index in [1.807, 2.05) is 6.92 Å². The third-order valence-corrected chi connectivity index (χ3v) is 2.91. The number of amides is 1. The van der Waals surface area contributed by atoms with Crippen LogP contribution in [-0.2, 0) is 9.53 Å². The number of esters is 1. The molecule has 0 aromatic carbocycles. The first-order valence-electron chi connectivity index (χ1n) is 4.84. The number of ether oxygens (including phenoxy) is 1. The van der Waals surface area contributed by atoms with E-state index in [0.717, 1.165) is 4.88 Å². The number of likely N-dealkylation sites (N-methyl/N-ethyl adjacent to an activating group) is 1. The number of hydrogen-bond acceptors (Lipinski definition) is 5. The van der Waals surface area contributed by atoms with Gasteiger partial charge in [-0.15, -0.1) is 11.3 Å². The molecule has 0 spiro atoms. The van der Waals surface area contributed by atoms with Crippen LogP contribution < -0.4 is 11.1 Å². The van der Waals surface area contributed by atoms with Gasteiger partial charge >= 0.3 is 5.97 Å². The molecule has 3 N–H and O–H groups in total. The van der Waals surface area contributed by atoms with Crippen molar-refractivity contribution in [3.8, 4) is 0 Å². The largest absolute Gasteiger partial charge is 0.451 e. The van der Waals surface area contributed by atoms with Gasteiger partial charge in [0.25, 0.3) is 5.91 Å². The minimum Gasteiger partial charge on any atom is -0.451 e. The molecule has 1 rings (SSSR count). The van der Waals surface area contributed by atoms with Gasteiger partial charge in [0.2, 0.25) is 0 Å². The summed E-state index contributed by atoms with van der Waals surface area (Å²) in [5, 5.41) is 2.53. The summed E-state index contributed by atoms with van der Waals surface area (Å²) in [4.78, 5) is 23.8. The van der Waals surface area contributed by atoms with Crippen LogP contribution in [0.5, 0.6) is 0 Å². The van der Waals surface area contributed by atoms with Crippen LogP contribution in [0.15, 0.2) is 6.07 Å². The lowest BCUT2D eigenvalue weighted by atomic mass is 10.4. The lowest BCUT2D eigenvalue weighted by Gasteiger charge is -2.02. The molecule has 6 heteroatoms. The molecule has 0 atom stereocenters. The molecule has 0 saturated heterocycles. The Bertz CT molecular complexity index is 381. The lowest BCUT2D eigenvalue weighted by molar-refractivity contribution is -0.124. The van der Waals surface area contributed by atoms with E-state index in [1.54, 1.807) is 13.0 Å². The maximum atomic E-state index is 11.5. The average molecular weight is 242 g/mol. The van der Waals surface area contributed by atoms with Crippen molar-refractivity contribution in [1.29, 1.82) is 0 Å². The monoisotopic (exact) mass is 242 g/mol. The number of hydrogen-bond donors (Lipinski definition) is 2. The SMILES string of the molecule is CCNC(=O)COC(=O)c1cc(N)c(C)s1. The second-order valence-electron chi connectivity index (χ2n) is 3.15. The molecule has 88 valence electrons. The van der Waals surface area contributed by atoms with E-state index in [4.69, 9.17) is 10.5 Å². The Morgan fingerprint density at radius 3 is 2.75 bits per heavy atom. The summed E-state index contributed by atoms with van der Waals surface area (Å²) in [6, 6.07) is 1.56. The first-order valence-corrected chi connectivity index (χ1v) is 5.66. The van der Waals surface area contributed by atoms with Gasteiger partial charge in [-0.25, -0.2) is 4.79 Å². The van der Waals surface area contributed by atoms with Crippen molar-refractivity contribution in [2.75, 3.05) is 18.9 Å². The predicted molar refractivity (Wildman–Crippen MR) is 62.4 cm³/mol. The van der Waals surface area contributed by atoms with Crippen LogP contribution in [0.25, 0.3) is 0 Å². The van der Waals surface area contributed by atoms with Crippen LogP contribution in [0, 0.1) is 6.92 Å². The normalized spacial score (nSPS) is 9.88. The van der Waals surface area contributed by atoms with E-state index in [9.17, 15) is 9.59 Å². The Morgan fingerprint density at radius 2 is 2.25 bits per heavy atom. The third kappa shape index (κ3) is 3.23. The zero-order valence-electron chi connectivity index (χ0n) is 9.20. The topological polar surface area (TPSA) is 81.4 Å². The zero-order valence-corrected chi connectivity index (χ0v) is 10.0. The molecule has 16 heavy (non-hydrogen) atoms. The van der Waals surface area contributed by atoms with Crippen LogP contribution >= 0.6 is 11.3 Å². The maximum absolute atomic E-state index is 11.5. The van der Waals surface area contributed by atoms with Crippen molar-refractivity contribution in [2.24, 2.45) is 0 Å². The second-order valence-corrected chi connectivity index (χ2v) is 4.41. The molecule has 1 amide bonds. The van der Waals surface area contributed by atoms with E-state index in [-0.39, 0.29) is 12.5 Å². The van der Waals surface area contributed by atoms with Gasteiger partial charge in [0.1, 0.15) is 4.88 Å². The first kappa shape index (κ1) is 12.5. The summed E-state index contributed by atoms with van der Waals surface area (Å²) in [5.74, 6) is -0.826. The Morgan fingerprint density at radius 1 is 1.56 bits per heavy atom. The fraction of sp³-hybridized carbons (Fsp3) is 0.400. The van der Waals surface area contributed by atoms with E-state index in [2.05, 4.69) is 5.32 Å². The maximum Gasteiger partial charge on any atom is 0.348 e. The molecular formula is C10H14N2O3S. The molecule has 0 bridgehead atoms. The number of nitrogen functional groups attached to an aromatic ring is 1. The fourth-order valence-corrected chi connectivity index (χ4v) is 1.88. The van der Waals surface area contributed by atoms with Gasteiger partial charge in [-0.1, -0.05) is 0 Å². The standard InChI is InChI=1S/C10H14N2O3S/c1-3-12-9(13)5-15-10(14)8-4-7(11)6(2)16-8/h4H,3,5,11H2,1-2H3,(H,12,13). The first-order chi connectivity index (χ1) is 7.54. The van der Waals surface area contributed by atoms with Gasteiger partial charge < -0.3 is 15.8 Å². The molecular weight excluding hydrogens is 228 g/mol. The van der Waals surface area contributed by atoms with E-state index in [0.29, 0.717) is 17.1 Å². The number of carbonyl (C=O) groups is 2. The van der Waals surface area contributed by atoms with Crippen LogP contribution in [0.2, 0.25) is 0 Å². The summed E-state index contributed by atoms with van der Waals surface area (Å²) < 4.78 is 4.81. The van der Waals surface area contributed by atoms with E-state index in [1.165, 1.54) is 11.3 Å². The smallest absolute Gasteiger partial charge is 0.348 e. The van der Waals surface area contributed by atoms with Gasteiger partial charge in [-0.2, -0.15) is 0 Å². The molecule has 0 aliphatic rings. The lowest BCUT2D eigenvalue weighted by Crippen LogP contribution is -2.28. The number of aryl methyl sites for hydroxylation is 1. The molecule has 0 aliphatic carbocycles. The van der Waals surface area contributed by atoms with Crippen molar-refractivity contribution >= 4 is 28.9 Å². The summed E-state index contributed by atoms with van der Waals surface area (Å²) >= 11 is 1.26. The van der Waals surface area contributed by atoms with Crippen molar-refractivity contribution < 1.29 is 14.3 Å². The number of anilines is 1. The predicted octanol–water partition coefficient (Wildman–Crippen LogP) is 0.932. The highest BCUT2D eigenvalue weighted by Gasteiger charge is 2.13. The summed E-state index contributed by atoms with van der Waals surface area (Å²) in [5.41, 5.74) is 6.17. The van der Waals surface area contributed by atoms with Gasteiger partial charge in [0, 0.05) is 17.1 Å². The molecule has 0 radical (unpaired) electrons. The van der Waals surface area contributed by atoms with Crippen molar-refractivity contribution in [3.63, 3.8) is 0 Å². The van der Waals surface area contributed by atoms with E-state index < -0.39 is 5.97 Å². The number of nitrogens with two attached hydrogens (primary N) is 1. The van der Waals surface area contributed by atoms with E-state index >= 15 is 0 Å². The Hall–Kier alpha value is -1.56. The minimum atomic E-state index is -0.518. The third-order valence-electron chi connectivity index (χ3n) is 1.87. The number of rotatable bonds is 4. The fourth-order valence-electron chi connectivity index (χ4n) is 1.05. The van der Waals surface area contributed by atoms with Crippen LogP contribution in [-0.4, -0.2) is 25.0 Å². The number of thiophene rings is 1. The van der Waals surface area contributed by atoms with Gasteiger partial charge in [-0.05, 0) is 19.9 Å². The van der Waals surface area contributed by atoms with Gasteiger partial charge in [-0.3, -0.25) is 4.79 Å². The van der Waals surface area contributed by atoms with Gasteiger partial charge in [0.15, 0.2) is 6.61 Å². The van der Waals surface area contributed by atoms with Crippen molar-refractivity contribution in [3.05, 3.63) is 15.8 Å². The van der Waals surface area contributed by atoms with Crippen LogP contribution in [0.4, 0.5) is 5.69 Å². The molecule has 1 aromatic rings. The minimum absolute atomic E-state index is 0.260. The highest BCUT2D eigenvalue weighted by atomic mass is 32.1. The Balaban J connectivity index is 2.50. The molecule has 0 fully saturated rings. The van der Waals surface area contributed by atoms with Crippen molar-refractivity contribution in [2.45, 2.75) is 13.8 Å². The Kier molecular flexibility index (Phi) is 4.30. The second kappa shape index (κ2) is 5.50. The number of carbonyl (C=O) groups excluding carboxylic acids is 2. The molecule has 0 saturated carbocycles. The Labute approximate surface area is 97.6 Å². The van der Waals surface area contributed by atoms with Gasteiger partial charge in [0.05, 0.1) is 0 Å². The highest BCUT2D eigenvalue weighted by Crippen LogP contribution is 2.23. The molecule has 1 aromatic heterocycles. The molecule has 1 heterocycles. The number of nitrogens with one attached hydrogen (secondary N) is 1. The summed E-state index contributed by atoms with van der Waals surface area (Å²) in [6.07, 6.45) is 0. The molecule has 0 aliphatic heterocycles. The zero-order chi connectivity index (χ0) is 12.1. The molecule has 5 nitrogen and oxygen atoms in total. The van der Waals surface area contributed by atoms with Crippen molar-refractivity contribution in [1.82, 2.24) is 5.32 Å². The quantitative estimate of drug-likeness (QED) is 0.770. The summed E-state index contributed by atoms with van der Waals surface area (Å²) in [7, 11) is 0.